The highest BCUT2D eigenvalue weighted by atomic mass is 15.2. The normalized spacial score (nSPS) is 10.0. The zero-order valence-corrected chi connectivity index (χ0v) is 6.36. The zero-order valence-electron chi connectivity index (χ0n) is 6.36. The number of benzene rings is 1. The van der Waals surface area contributed by atoms with Crippen LogP contribution >= 0.6 is 0 Å². The maximum Gasteiger partial charge on any atom is 0.155 e. The van der Waals surface area contributed by atoms with Crippen molar-refractivity contribution in [2.45, 2.75) is 0 Å². The molecule has 12 heavy (non-hydrogen) atoms. The number of hydrogen-bond donors (Lipinski definition) is 1. The number of rotatable bonds is 1. The van der Waals surface area contributed by atoms with Gasteiger partial charge in [0.05, 0.1) is 0 Å². The van der Waals surface area contributed by atoms with Gasteiger partial charge in [-0.1, -0.05) is 29.7 Å². The minimum atomic E-state index is 0.748. The molecule has 1 heterocycles. The zero-order chi connectivity index (χ0) is 8.39. The number of nitrogens with zero attached hydrogens (tertiary/aromatic N) is 2. The number of H-pyrrole nitrogens is 1. The minimum Gasteiger partial charge on any atom is -0.259 e. The van der Waals surface area contributed by atoms with Gasteiger partial charge in [-0.15, -0.1) is 0 Å². The van der Waals surface area contributed by atoms with E-state index in [0.29, 0.717) is 0 Å². The van der Waals surface area contributed by atoms with Crippen molar-refractivity contribution in [1.29, 1.82) is 0 Å². The summed E-state index contributed by atoms with van der Waals surface area (Å²) in [6.07, 6.45) is 1.48. The Kier molecular flexibility index (Phi) is 1.66. The molecular formula is C8H6BN3. The van der Waals surface area contributed by atoms with Gasteiger partial charge in [0.25, 0.3) is 0 Å². The summed E-state index contributed by atoms with van der Waals surface area (Å²) in [5.74, 6) is 0.759. The average molecular weight is 155 g/mol. The first-order valence-electron chi connectivity index (χ1n) is 3.57. The highest BCUT2D eigenvalue weighted by molar-refractivity contribution is 6.32. The molecule has 2 rings (SSSR count). The SMILES string of the molecule is [B]c1ccc(-c2ncn[nH]2)cc1. The van der Waals surface area contributed by atoms with Gasteiger partial charge in [0.2, 0.25) is 0 Å². The van der Waals surface area contributed by atoms with Gasteiger partial charge >= 0.3 is 0 Å². The Bertz CT molecular complexity index is 352. The molecule has 2 radical (unpaired) electrons. The van der Waals surface area contributed by atoms with Gasteiger partial charge in [-0.05, 0) is 0 Å². The number of aromatic nitrogens is 3. The van der Waals surface area contributed by atoms with Crippen molar-refractivity contribution in [2.75, 3.05) is 0 Å². The average Bonchev–Trinajstić information content (AvgIpc) is 2.58. The van der Waals surface area contributed by atoms with Crippen LogP contribution in [0.25, 0.3) is 11.4 Å². The molecule has 3 nitrogen and oxygen atoms in total. The number of hydrogen-bond acceptors (Lipinski definition) is 2. The molecule has 56 valence electrons. The summed E-state index contributed by atoms with van der Waals surface area (Å²) in [6, 6.07) is 7.46. The lowest BCUT2D eigenvalue weighted by Crippen LogP contribution is -1.99. The first kappa shape index (κ1) is 7.09. The molecule has 0 atom stereocenters. The standard InChI is InChI=1S/C8H6BN3/c9-7-3-1-6(2-4-7)8-10-5-11-12-8/h1-5H,(H,10,11,12). The van der Waals surface area contributed by atoms with Crippen molar-refractivity contribution in [3.8, 4) is 11.4 Å². The molecule has 0 aliphatic carbocycles. The van der Waals surface area contributed by atoms with Crippen LogP contribution in [0.3, 0.4) is 0 Å². The molecule has 1 N–H and O–H groups in total. The molecule has 0 amide bonds. The molecule has 0 aliphatic heterocycles. The van der Waals surface area contributed by atoms with Gasteiger partial charge in [-0.25, -0.2) is 4.98 Å². The van der Waals surface area contributed by atoms with Gasteiger partial charge in [0.15, 0.2) is 5.82 Å². The molecule has 0 bridgehead atoms. The lowest BCUT2D eigenvalue weighted by Gasteiger charge is -1.95. The molecule has 0 spiro atoms. The van der Waals surface area contributed by atoms with Crippen LogP contribution in [-0.2, 0) is 0 Å². The van der Waals surface area contributed by atoms with Gasteiger partial charge < -0.3 is 0 Å². The predicted octanol–water partition coefficient (Wildman–Crippen LogP) is 0.265. The Morgan fingerprint density at radius 1 is 1.17 bits per heavy atom. The Balaban J connectivity index is 2.43. The van der Waals surface area contributed by atoms with E-state index >= 15 is 0 Å². The van der Waals surface area contributed by atoms with Gasteiger partial charge in [-0.2, -0.15) is 5.10 Å². The Morgan fingerprint density at radius 2 is 1.92 bits per heavy atom. The van der Waals surface area contributed by atoms with E-state index in [1.807, 2.05) is 24.3 Å². The summed E-state index contributed by atoms with van der Waals surface area (Å²) in [5, 5.41) is 6.52. The smallest absolute Gasteiger partial charge is 0.155 e. The predicted molar refractivity (Wildman–Crippen MR) is 47.2 cm³/mol. The second-order valence-electron chi connectivity index (χ2n) is 2.46. The fourth-order valence-electron chi connectivity index (χ4n) is 0.986. The van der Waals surface area contributed by atoms with Crippen molar-refractivity contribution in [1.82, 2.24) is 15.2 Å². The Morgan fingerprint density at radius 3 is 2.50 bits per heavy atom. The molecule has 0 saturated carbocycles. The third kappa shape index (κ3) is 1.23. The van der Waals surface area contributed by atoms with Crippen LogP contribution in [0.4, 0.5) is 0 Å². The van der Waals surface area contributed by atoms with Crippen LogP contribution in [0.15, 0.2) is 30.6 Å². The molecular weight excluding hydrogens is 149 g/mol. The van der Waals surface area contributed by atoms with Crippen molar-refractivity contribution >= 4 is 13.3 Å². The van der Waals surface area contributed by atoms with Gasteiger partial charge in [0, 0.05) is 5.56 Å². The van der Waals surface area contributed by atoms with E-state index < -0.39 is 0 Å². The van der Waals surface area contributed by atoms with Crippen molar-refractivity contribution < 1.29 is 0 Å². The summed E-state index contributed by atoms with van der Waals surface area (Å²) in [6.45, 7) is 0. The molecule has 0 fully saturated rings. The Hall–Kier alpha value is -1.58. The van der Waals surface area contributed by atoms with Crippen LogP contribution in [0, 0.1) is 0 Å². The van der Waals surface area contributed by atoms with E-state index in [9.17, 15) is 0 Å². The second-order valence-corrected chi connectivity index (χ2v) is 2.46. The number of aromatic amines is 1. The van der Waals surface area contributed by atoms with Crippen LogP contribution in [0.5, 0.6) is 0 Å². The molecule has 0 saturated heterocycles. The summed E-state index contributed by atoms with van der Waals surface area (Å²) in [4.78, 5) is 4.01. The van der Waals surface area contributed by atoms with Gasteiger partial charge in [-0.3, -0.25) is 5.10 Å². The first-order chi connectivity index (χ1) is 5.86. The van der Waals surface area contributed by atoms with Crippen LogP contribution in [0.2, 0.25) is 0 Å². The van der Waals surface area contributed by atoms with E-state index in [4.69, 9.17) is 7.85 Å². The molecule has 1 aromatic carbocycles. The second kappa shape index (κ2) is 2.81. The fourth-order valence-corrected chi connectivity index (χ4v) is 0.986. The fraction of sp³-hybridized carbons (Fsp3) is 0. The van der Waals surface area contributed by atoms with Crippen molar-refractivity contribution in [3.05, 3.63) is 30.6 Å². The molecule has 4 heteroatoms. The van der Waals surface area contributed by atoms with E-state index in [2.05, 4.69) is 15.2 Å². The monoisotopic (exact) mass is 155 g/mol. The van der Waals surface area contributed by atoms with Crippen LogP contribution in [-0.4, -0.2) is 23.0 Å². The van der Waals surface area contributed by atoms with Crippen molar-refractivity contribution in [2.24, 2.45) is 0 Å². The van der Waals surface area contributed by atoms with E-state index in [-0.39, 0.29) is 0 Å². The maximum atomic E-state index is 5.53. The largest absolute Gasteiger partial charge is 0.259 e. The highest BCUT2D eigenvalue weighted by Crippen LogP contribution is 2.10. The van der Waals surface area contributed by atoms with E-state index in [1.165, 1.54) is 6.33 Å². The van der Waals surface area contributed by atoms with Crippen LogP contribution < -0.4 is 5.46 Å². The third-order valence-electron chi connectivity index (χ3n) is 1.60. The molecule has 0 aliphatic rings. The van der Waals surface area contributed by atoms with Crippen LogP contribution in [0.1, 0.15) is 0 Å². The lowest BCUT2D eigenvalue weighted by atomic mass is 9.95. The molecule has 2 aromatic rings. The summed E-state index contributed by atoms with van der Waals surface area (Å²) < 4.78 is 0. The highest BCUT2D eigenvalue weighted by Gasteiger charge is 1.97. The number of nitrogens with one attached hydrogen (secondary N) is 1. The summed E-state index contributed by atoms with van der Waals surface area (Å²) >= 11 is 0. The summed E-state index contributed by atoms with van der Waals surface area (Å²) in [5.41, 5.74) is 1.74. The lowest BCUT2D eigenvalue weighted by molar-refractivity contribution is 1.10. The molecule has 0 unspecified atom stereocenters. The summed E-state index contributed by atoms with van der Waals surface area (Å²) in [7, 11) is 5.53. The molecule has 1 aromatic heterocycles. The Labute approximate surface area is 71.3 Å². The van der Waals surface area contributed by atoms with Gasteiger partial charge in [0.1, 0.15) is 14.2 Å². The first-order valence-corrected chi connectivity index (χ1v) is 3.57. The minimum absolute atomic E-state index is 0.748. The van der Waals surface area contributed by atoms with E-state index in [1.54, 1.807) is 0 Å². The topological polar surface area (TPSA) is 41.6 Å². The quantitative estimate of drug-likeness (QED) is 0.600. The van der Waals surface area contributed by atoms with Crippen molar-refractivity contribution in [3.63, 3.8) is 0 Å². The van der Waals surface area contributed by atoms with E-state index in [0.717, 1.165) is 16.9 Å². The third-order valence-corrected chi connectivity index (χ3v) is 1.60. The maximum absolute atomic E-state index is 5.53.